The van der Waals surface area contributed by atoms with E-state index in [-0.39, 0.29) is 23.3 Å². The van der Waals surface area contributed by atoms with Crippen LogP contribution in [0.5, 0.6) is 5.75 Å². The van der Waals surface area contributed by atoms with Gasteiger partial charge in [0.15, 0.2) is 8.68 Å². The number of rotatable bonds is 7. The molecule has 2 aromatic heterocycles. The zero-order valence-electron chi connectivity index (χ0n) is 19.7. The highest BCUT2D eigenvalue weighted by atomic mass is 32.8. The molecule has 4 aromatic rings. The van der Waals surface area contributed by atoms with Crippen LogP contribution in [0, 0.1) is 0 Å². The largest absolute Gasteiger partial charge is 0.573 e. The molecule has 1 aliphatic heterocycles. The van der Waals surface area contributed by atoms with Gasteiger partial charge in [-0.1, -0.05) is 18.2 Å². The van der Waals surface area contributed by atoms with Crippen molar-refractivity contribution in [3.05, 3.63) is 72.7 Å². The molecule has 1 N–H and O–H groups in total. The number of hydrogen-bond donors (Lipinski definition) is 1. The molecule has 0 bridgehead atoms. The van der Waals surface area contributed by atoms with Crippen molar-refractivity contribution in [2.45, 2.75) is 36.9 Å². The molecule has 0 radical (unpaired) electrons. The van der Waals surface area contributed by atoms with E-state index < -0.39 is 21.1 Å². The SMILES string of the molecule is O=C(NCc1cc(-c2ccc(OC(F)(F)F)cc2)ncn1)[C@@H]1CCCN1S(=O)(=S)c1cc2ccccc2o1. The summed E-state index contributed by atoms with van der Waals surface area (Å²) in [6.07, 6.45) is -2.34. The molecule has 3 heterocycles. The van der Waals surface area contributed by atoms with Crippen LogP contribution in [-0.2, 0) is 31.2 Å². The zero-order chi connectivity index (χ0) is 26.9. The second kappa shape index (κ2) is 10.3. The molecule has 0 spiro atoms. The van der Waals surface area contributed by atoms with Crippen LogP contribution in [0.2, 0.25) is 0 Å². The van der Waals surface area contributed by atoms with Gasteiger partial charge in [0.25, 0.3) is 0 Å². The van der Waals surface area contributed by atoms with Gasteiger partial charge in [0, 0.05) is 34.7 Å². The first-order valence-corrected chi connectivity index (χ1v) is 14.0. The third kappa shape index (κ3) is 5.64. The topological polar surface area (TPSA) is 97.6 Å². The van der Waals surface area contributed by atoms with E-state index in [1.165, 1.54) is 34.9 Å². The summed E-state index contributed by atoms with van der Waals surface area (Å²) in [5.74, 6) is -0.685. The highest BCUT2D eigenvalue weighted by Crippen LogP contribution is 2.31. The lowest BCUT2D eigenvalue weighted by Crippen LogP contribution is -2.45. The second-order valence-corrected chi connectivity index (χ2v) is 11.7. The summed E-state index contributed by atoms with van der Waals surface area (Å²) in [6.45, 7) is 0.459. The third-order valence-electron chi connectivity index (χ3n) is 6.02. The molecule has 38 heavy (non-hydrogen) atoms. The lowest BCUT2D eigenvalue weighted by molar-refractivity contribution is -0.274. The van der Waals surface area contributed by atoms with Gasteiger partial charge in [-0.2, -0.15) is 0 Å². The predicted octanol–water partition coefficient (Wildman–Crippen LogP) is 4.59. The van der Waals surface area contributed by atoms with Crippen LogP contribution in [0.4, 0.5) is 13.2 Å². The lowest BCUT2D eigenvalue weighted by Gasteiger charge is -2.24. The Bertz CT molecular complexity index is 1540. The Balaban J connectivity index is 1.26. The maximum atomic E-state index is 13.6. The summed E-state index contributed by atoms with van der Waals surface area (Å²) >= 11 is 5.48. The summed E-state index contributed by atoms with van der Waals surface area (Å²) in [6, 6.07) is 15.1. The van der Waals surface area contributed by atoms with Gasteiger partial charge >= 0.3 is 6.36 Å². The molecule has 1 amide bonds. The third-order valence-corrected chi connectivity index (χ3v) is 8.85. The number of carbonyl (C=O) groups is 1. The minimum absolute atomic E-state index is 0.0667. The van der Waals surface area contributed by atoms with Gasteiger partial charge in [-0.15, -0.1) is 13.2 Å². The maximum Gasteiger partial charge on any atom is 0.573 e. The summed E-state index contributed by atoms with van der Waals surface area (Å²) < 4.78 is 62.0. The Hall–Kier alpha value is -3.55. The van der Waals surface area contributed by atoms with Crippen LogP contribution >= 0.6 is 0 Å². The number of nitrogens with zero attached hydrogens (tertiary/aromatic N) is 3. The van der Waals surface area contributed by atoms with Crippen molar-refractivity contribution in [3.63, 3.8) is 0 Å². The van der Waals surface area contributed by atoms with Crippen molar-refractivity contribution in [2.75, 3.05) is 6.54 Å². The molecule has 1 fully saturated rings. The number of aromatic nitrogens is 2. The Morgan fingerprint density at radius 3 is 2.66 bits per heavy atom. The first kappa shape index (κ1) is 26.1. The number of fused-ring (bicyclic) bond motifs is 1. The van der Waals surface area contributed by atoms with Crippen molar-refractivity contribution in [1.82, 2.24) is 19.6 Å². The molecule has 0 aliphatic carbocycles. The fraction of sp³-hybridized carbons (Fsp3) is 0.240. The number of nitrogens with one attached hydrogen (secondary N) is 1. The summed E-state index contributed by atoms with van der Waals surface area (Å²) in [4.78, 5) is 21.4. The molecule has 2 aromatic carbocycles. The number of benzene rings is 2. The van der Waals surface area contributed by atoms with E-state index in [1.54, 1.807) is 18.2 Å². The second-order valence-electron chi connectivity index (χ2n) is 8.56. The number of furan rings is 1. The highest BCUT2D eigenvalue weighted by molar-refractivity contribution is 8.31. The van der Waals surface area contributed by atoms with Gasteiger partial charge in [0.1, 0.15) is 23.7 Å². The molecule has 0 saturated carbocycles. The fourth-order valence-corrected chi connectivity index (χ4v) is 6.65. The van der Waals surface area contributed by atoms with Gasteiger partial charge in [0.2, 0.25) is 11.0 Å². The average molecular weight is 563 g/mol. The predicted molar refractivity (Wildman–Crippen MR) is 136 cm³/mol. The molecule has 2 atom stereocenters. The Morgan fingerprint density at radius 1 is 1.16 bits per heavy atom. The molecule has 5 rings (SSSR count). The van der Waals surface area contributed by atoms with Gasteiger partial charge in [0.05, 0.1) is 17.9 Å². The Kier molecular flexibility index (Phi) is 7.07. The van der Waals surface area contributed by atoms with E-state index in [0.717, 1.165) is 5.39 Å². The van der Waals surface area contributed by atoms with E-state index in [1.807, 2.05) is 18.2 Å². The van der Waals surface area contributed by atoms with Crippen LogP contribution in [-0.4, -0.2) is 43.3 Å². The van der Waals surface area contributed by atoms with Crippen molar-refractivity contribution < 1.29 is 31.3 Å². The normalized spacial score (nSPS) is 17.8. The van der Waals surface area contributed by atoms with Crippen LogP contribution in [0.25, 0.3) is 22.2 Å². The van der Waals surface area contributed by atoms with Crippen molar-refractivity contribution >= 4 is 36.7 Å². The average Bonchev–Trinajstić information content (AvgIpc) is 3.55. The number of alkyl halides is 3. The highest BCUT2D eigenvalue weighted by Gasteiger charge is 2.38. The zero-order valence-corrected chi connectivity index (χ0v) is 21.3. The van der Waals surface area contributed by atoms with Crippen molar-refractivity contribution in [3.8, 4) is 17.0 Å². The van der Waals surface area contributed by atoms with E-state index in [9.17, 15) is 22.2 Å². The van der Waals surface area contributed by atoms with Gasteiger partial charge in [-0.05, 0) is 49.2 Å². The van der Waals surface area contributed by atoms with Gasteiger partial charge in [-0.25, -0.2) is 18.5 Å². The summed E-state index contributed by atoms with van der Waals surface area (Å²) in [5, 5.41) is 3.75. The van der Waals surface area contributed by atoms with E-state index >= 15 is 0 Å². The molecule has 8 nitrogen and oxygen atoms in total. The molecular weight excluding hydrogens is 541 g/mol. The number of ether oxygens (including phenoxy) is 1. The number of amides is 1. The molecular formula is C25H21F3N4O4S2. The number of halogens is 3. The molecule has 1 aliphatic rings. The summed E-state index contributed by atoms with van der Waals surface area (Å²) in [5.41, 5.74) is 2.07. The standard InChI is InChI=1S/C25H21F3N4O4S2/c26-25(27,28)36-19-9-7-16(8-10-19)20-13-18(30-15-31-20)14-29-24(33)21-5-3-11-32(21)38(34,37)23-12-17-4-1-2-6-22(17)35-23/h1-2,4,6-10,12-13,15,21H,3,5,11,14H2,(H,29,33)/t21-,38?/m0/s1. The number of para-hydroxylation sites is 1. The first-order chi connectivity index (χ1) is 18.1. The van der Waals surface area contributed by atoms with Crippen LogP contribution in [0.15, 0.2) is 76.5 Å². The molecule has 1 saturated heterocycles. The van der Waals surface area contributed by atoms with Crippen molar-refractivity contribution in [1.29, 1.82) is 0 Å². The number of hydrogen-bond acceptors (Lipinski definition) is 7. The van der Waals surface area contributed by atoms with Crippen LogP contribution in [0.1, 0.15) is 18.5 Å². The first-order valence-electron chi connectivity index (χ1n) is 11.6. The van der Waals surface area contributed by atoms with E-state index in [2.05, 4.69) is 20.0 Å². The monoisotopic (exact) mass is 562 g/mol. The fourth-order valence-electron chi connectivity index (χ4n) is 4.27. The Labute approximate surface area is 220 Å². The summed E-state index contributed by atoms with van der Waals surface area (Å²) in [7, 11) is -3.20. The van der Waals surface area contributed by atoms with Crippen LogP contribution < -0.4 is 10.1 Å². The smallest absolute Gasteiger partial charge is 0.446 e. The lowest BCUT2D eigenvalue weighted by atomic mass is 10.1. The minimum Gasteiger partial charge on any atom is -0.446 e. The van der Waals surface area contributed by atoms with E-state index in [4.69, 9.17) is 15.6 Å². The molecule has 198 valence electrons. The Morgan fingerprint density at radius 2 is 1.92 bits per heavy atom. The quantitative estimate of drug-likeness (QED) is 0.352. The maximum absolute atomic E-state index is 13.6. The van der Waals surface area contributed by atoms with Crippen molar-refractivity contribution in [2.24, 2.45) is 0 Å². The van der Waals surface area contributed by atoms with E-state index in [0.29, 0.717) is 41.9 Å². The molecule has 13 heteroatoms. The number of carbonyl (C=O) groups excluding carboxylic acids is 1. The minimum atomic E-state index is -4.78. The molecule has 1 unspecified atom stereocenters. The van der Waals surface area contributed by atoms with Crippen LogP contribution in [0.3, 0.4) is 0 Å². The van der Waals surface area contributed by atoms with Gasteiger partial charge < -0.3 is 14.5 Å². The van der Waals surface area contributed by atoms with Gasteiger partial charge in [-0.3, -0.25) is 4.79 Å².